The summed E-state index contributed by atoms with van der Waals surface area (Å²) in [6.45, 7) is 2.09. The van der Waals surface area contributed by atoms with E-state index in [1.54, 1.807) is 0 Å². The standard InChI is InChI=1S/C21H24N2/c1-4-16-9-5-7-11-20(16)22-21-12-8-6-10-19(21)17-13-14-18(15-17)23(2)3/h4-12,14-15,20,22H,13H2,1-3H3. The fourth-order valence-corrected chi connectivity index (χ4v) is 3.03. The molecule has 0 saturated carbocycles. The molecule has 2 heteroatoms. The molecule has 1 unspecified atom stereocenters. The summed E-state index contributed by atoms with van der Waals surface area (Å²) in [5.74, 6) is 0. The summed E-state index contributed by atoms with van der Waals surface area (Å²) in [4.78, 5) is 2.16. The molecule has 23 heavy (non-hydrogen) atoms. The lowest BCUT2D eigenvalue weighted by Gasteiger charge is -2.22. The normalized spacial score (nSPS) is 21.3. The van der Waals surface area contributed by atoms with Crippen molar-refractivity contribution in [2.45, 2.75) is 19.4 Å². The summed E-state index contributed by atoms with van der Waals surface area (Å²) in [7, 11) is 4.18. The number of benzene rings is 1. The van der Waals surface area contributed by atoms with Crippen molar-refractivity contribution in [1.29, 1.82) is 0 Å². The van der Waals surface area contributed by atoms with Crippen LogP contribution in [0.4, 0.5) is 5.69 Å². The van der Waals surface area contributed by atoms with Crippen molar-refractivity contribution in [2.75, 3.05) is 19.4 Å². The molecule has 2 nitrogen and oxygen atoms in total. The van der Waals surface area contributed by atoms with Crippen LogP contribution < -0.4 is 5.32 Å². The van der Waals surface area contributed by atoms with Crippen LogP contribution >= 0.6 is 0 Å². The van der Waals surface area contributed by atoms with Gasteiger partial charge < -0.3 is 10.2 Å². The molecule has 1 N–H and O–H groups in total. The Kier molecular flexibility index (Phi) is 4.52. The van der Waals surface area contributed by atoms with E-state index < -0.39 is 0 Å². The van der Waals surface area contributed by atoms with Gasteiger partial charge in [0.15, 0.2) is 0 Å². The number of para-hydroxylation sites is 1. The minimum atomic E-state index is 0.231. The average Bonchev–Trinajstić information content (AvgIpc) is 3.06. The summed E-state index contributed by atoms with van der Waals surface area (Å²) in [5, 5.41) is 3.69. The number of hydrogen-bond acceptors (Lipinski definition) is 2. The molecule has 0 aromatic heterocycles. The Morgan fingerprint density at radius 1 is 1.17 bits per heavy atom. The van der Waals surface area contributed by atoms with Gasteiger partial charge in [0.1, 0.15) is 0 Å². The van der Waals surface area contributed by atoms with Gasteiger partial charge in [-0.2, -0.15) is 0 Å². The van der Waals surface area contributed by atoms with Gasteiger partial charge in [-0.15, -0.1) is 0 Å². The lowest BCUT2D eigenvalue weighted by atomic mass is 9.98. The maximum absolute atomic E-state index is 3.69. The van der Waals surface area contributed by atoms with Gasteiger partial charge in [-0.25, -0.2) is 0 Å². The van der Waals surface area contributed by atoms with E-state index in [-0.39, 0.29) is 6.04 Å². The first-order valence-corrected chi connectivity index (χ1v) is 8.14. The minimum absolute atomic E-state index is 0.231. The van der Waals surface area contributed by atoms with E-state index in [9.17, 15) is 0 Å². The molecule has 0 radical (unpaired) electrons. The molecule has 3 rings (SSSR count). The fraction of sp³-hybridized carbons (Fsp3) is 0.238. The minimum Gasteiger partial charge on any atom is -0.378 e. The van der Waals surface area contributed by atoms with Crippen LogP contribution in [0.1, 0.15) is 18.9 Å². The molecule has 0 saturated heterocycles. The zero-order valence-electron chi connectivity index (χ0n) is 14.1. The van der Waals surface area contributed by atoms with Gasteiger partial charge in [-0.3, -0.25) is 0 Å². The zero-order valence-corrected chi connectivity index (χ0v) is 14.1. The molecular formula is C21H24N2. The SMILES string of the molecule is CC=C1C=CC=CC1Nc1ccccc1C1=CC(N(C)C)=CC1. The van der Waals surface area contributed by atoms with Crippen molar-refractivity contribution < 1.29 is 0 Å². The predicted molar refractivity (Wildman–Crippen MR) is 100 cm³/mol. The molecule has 118 valence electrons. The van der Waals surface area contributed by atoms with E-state index in [2.05, 4.69) is 98.0 Å². The molecule has 1 atom stereocenters. The van der Waals surface area contributed by atoms with E-state index >= 15 is 0 Å². The average molecular weight is 304 g/mol. The Hall–Kier alpha value is -2.48. The summed E-state index contributed by atoms with van der Waals surface area (Å²) < 4.78 is 0. The second-order valence-corrected chi connectivity index (χ2v) is 6.10. The molecule has 1 aromatic rings. The Balaban J connectivity index is 1.87. The Labute approximate surface area is 139 Å². The van der Waals surface area contributed by atoms with Gasteiger partial charge in [-0.1, -0.05) is 54.7 Å². The van der Waals surface area contributed by atoms with E-state index in [1.165, 1.54) is 28.1 Å². The van der Waals surface area contributed by atoms with Crippen molar-refractivity contribution in [3.63, 3.8) is 0 Å². The summed E-state index contributed by atoms with van der Waals surface area (Å²) in [6.07, 6.45) is 16.3. The van der Waals surface area contributed by atoms with Crippen molar-refractivity contribution in [3.8, 4) is 0 Å². The van der Waals surface area contributed by atoms with Crippen molar-refractivity contribution in [1.82, 2.24) is 4.90 Å². The Morgan fingerprint density at radius 2 is 2.00 bits per heavy atom. The topological polar surface area (TPSA) is 15.3 Å². The smallest absolute Gasteiger partial charge is 0.0698 e. The van der Waals surface area contributed by atoms with Crippen molar-refractivity contribution >= 4 is 11.3 Å². The lowest BCUT2D eigenvalue weighted by molar-refractivity contribution is 0.531. The molecular weight excluding hydrogens is 280 g/mol. The number of allylic oxidation sites excluding steroid dienone is 6. The number of anilines is 1. The van der Waals surface area contributed by atoms with Gasteiger partial charge in [0.25, 0.3) is 0 Å². The van der Waals surface area contributed by atoms with Gasteiger partial charge in [0.2, 0.25) is 0 Å². The molecule has 0 amide bonds. The molecule has 0 aliphatic heterocycles. The Morgan fingerprint density at radius 3 is 2.74 bits per heavy atom. The predicted octanol–water partition coefficient (Wildman–Crippen LogP) is 4.77. The van der Waals surface area contributed by atoms with E-state index in [0.717, 1.165) is 6.42 Å². The Bertz CT molecular complexity index is 730. The third-order valence-electron chi connectivity index (χ3n) is 4.35. The highest BCUT2D eigenvalue weighted by molar-refractivity contribution is 5.81. The van der Waals surface area contributed by atoms with Crippen LogP contribution in [0, 0.1) is 0 Å². The molecule has 1 aromatic carbocycles. The molecule has 0 heterocycles. The largest absolute Gasteiger partial charge is 0.378 e. The second-order valence-electron chi connectivity index (χ2n) is 6.10. The highest BCUT2D eigenvalue weighted by atomic mass is 15.1. The first kappa shape index (κ1) is 15.4. The lowest BCUT2D eigenvalue weighted by Crippen LogP contribution is -2.20. The van der Waals surface area contributed by atoms with Crippen LogP contribution in [0.25, 0.3) is 5.57 Å². The molecule has 0 bridgehead atoms. The maximum atomic E-state index is 3.69. The number of rotatable bonds is 4. The quantitative estimate of drug-likeness (QED) is 0.862. The van der Waals surface area contributed by atoms with Crippen molar-refractivity contribution in [3.05, 3.63) is 83.6 Å². The van der Waals surface area contributed by atoms with Gasteiger partial charge in [0, 0.05) is 31.0 Å². The highest BCUT2D eigenvalue weighted by Crippen LogP contribution is 2.33. The first-order chi connectivity index (χ1) is 11.2. The summed E-state index contributed by atoms with van der Waals surface area (Å²) >= 11 is 0. The first-order valence-electron chi connectivity index (χ1n) is 8.14. The van der Waals surface area contributed by atoms with Crippen LogP contribution in [0.5, 0.6) is 0 Å². The van der Waals surface area contributed by atoms with E-state index in [0.29, 0.717) is 0 Å². The third-order valence-corrected chi connectivity index (χ3v) is 4.35. The number of nitrogens with one attached hydrogen (secondary N) is 1. The molecule has 0 spiro atoms. The molecule has 0 fully saturated rings. The summed E-state index contributed by atoms with van der Waals surface area (Å²) in [6, 6.07) is 8.82. The third kappa shape index (κ3) is 3.31. The number of nitrogens with zero attached hydrogens (tertiary/aromatic N) is 1. The molecule has 2 aliphatic rings. The highest BCUT2D eigenvalue weighted by Gasteiger charge is 2.16. The van der Waals surface area contributed by atoms with Crippen molar-refractivity contribution in [2.24, 2.45) is 0 Å². The maximum Gasteiger partial charge on any atom is 0.0698 e. The van der Waals surface area contributed by atoms with Gasteiger partial charge >= 0.3 is 0 Å². The number of hydrogen-bond donors (Lipinski definition) is 1. The van der Waals surface area contributed by atoms with Crippen LogP contribution in [0.15, 0.2) is 78.1 Å². The molecule has 2 aliphatic carbocycles. The van der Waals surface area contributed by atoms with E-state index in [1.807, 2.05) is 0 Å². The number of likely N-dealkylation sites (N-methyl/N-ethyl adjacent to an activating group) is 1. The van der Waals surface area contributed by atoms with Crippen LogP contribution in [0.3, 0.4) is 0 Å². The van der Waals surface area contributed by atoms with E-state index in [4.69, 9.17) is 0 Å². The van der Waals surface area contributed by atoms with Gasteiger partial charge in [-0.05, 0) is 36.6 Å². The zero-order chi connectivity index (χ0) is 16.2. The summed E-state index contributed by atoms with van der Waals surface area (Å²) in [5.41, 5.74) is 6.43. The van der Waals surface area contributed by atoms with Crippen LogP contribution in [-0.4, -0.2) is 25.0 Å². The van der Waals surface area contributed by atoms with Gasteiger partial charge in [0.05, 0.1) is 6.04 Å². The fourth-order valence-electron chi connectivity index (χ4n) is 3.03. The monoisotopic (exact) mass is 304 g/mol. The van der Waals surface area contributed by atoms with Crippen LogP contribution in [-0.2, 0) is 0 Å². The second kappa shape index (κ2) is 6.74. The van der Waals surface area contributed by atoms with Crippen LogP contribution in [0.2, 0.25) is 0 Å².